The van der Waals surface area contributed by atoms with E-state index in [-0.39, 0.29) is 18.9 Å². The van der Waals surface area contributed by atoms with Crippen LogP contribution in [0.15, 0.2) is 0 Å². The van der Waals surface area contributed by atoms with Crippen molar-refractivity contribution >= 4 is 10.1 Å². The van der Waals surface area contributed by atoms with Crippen molar-refractivity contribution < 1.29 is 89.3 Å². The normalized spacial score (nSPS) is 16.5. The minimum absolute atomic E-state index is 0. The Labute approximate surface area is 136 Å². The molecule has 1 unspecified atom stereocenters. The molecule has 140 valence electrons. The first-order chi connectivity index (χ1) is 9.63. The SMILES string of the molecule is O=S(=O)([O-])C(F)(F)C(F)(F)C(F)(F)C(F)(F)OC(F)C(F)(F)F.[Li+]. The van der Waals surface area contributed by atoms with Crippen LogP contribution in [-0.2, 0) is 14.9 Å². The third-order valence-corrected chi connectivity index (χ3v) is 2.83. The Morgan fingerprint density at radius 1 is 0.792 bits per heavy atom. The third-order valence-electron chi connectivity index (χ3n) is 1.95. The Morgan fingerprint density at radius 2 is 1.12 bits per heavy atom. The van der Waals surface area contributed by atoms with Crippen molar-refractivity contribution in [2.75, 3.05) is 0 Å². The predicted molar refractivity (Wildman–Crippen MR) is 41.5 cm³/mol. The van der Waals surface area contributed by atoms with E-state index in [2.05, 4.69) is 0 Å². The quantitative estimate of drug-likeness (QED) is 0.352. The van der Waals surface area contributed by atoms with E-state index in [9.17, 15) is 65.7 Å². The second-order valence-electron chi connectivity index (χ2n) is 3.61. The number of hydrogen-bond acceptors (Lipinski definition) is 4. The van der Waals surface area contributed by atoms with Gasteiger partial charge in [-0.15, -0.1) is 0 Å². The fourth-order valence-corrected chi connectivity index (χ4v) is 1.24. The summed E-state index contributed by atoms with van der Waals surface area (Å²) in [6.07, 6.45) is -19.0. The second kappa shape index (κ2) is 6.74. The van der Waals surface area contributed by atoms with E-state index in [4.69, 9.17) is 0 Å². The summed E-state index contributed by atoms with van der Waals surface area (Å²) in [4.78, 5) is 0. The summed E-state index contributed by atoms with van der Waals surface area (Å²) < 4.78 is 179. The van der Waals surface area contributed by atoms with Crippen LogP contribution in [0.2, 0.25) is 0 Å². The molecular formula is C6HF12LiO4S. The molecular weight excluding hydrogens is 403 g/mol. The van der Waals surface area contributed by atoms with Crippen LogP contribution < -0.4 is 18.9 Å². The Balaban J connectivity index is 0. The number of hydrogen-bond donors (Lipinski definition) is 0. The molecule has 0 aliphatic carbocycles. The van der Waals surface area contributed by atoms with Crippen LogP contribution in [0.5, 0.6) is 0 Å². The van der Waals surface area contributed by atoms with Gasteiger partial charge in [-0.3, -0.25) is 4.74 Å². The Bertz CT molecular complexity index is 542. The molecule has 0 rings (SSSR count). The van der Waals surface area contributed by atoms with Gasteiger partial charge < -0.3 is 4.55 Å². The smallest absolute Gasteiger partial charge is 0.743 e. The zero-order valence-corrected chi connectivity index (χ0v) is 11.5. The van der Waals surface area contributed by atoms with E-state index in [1.807, 2.05) is 0 Å². The molecule has 0 radical (unpaired) electrons. The molecule has 0 heterocycles. The molecule has 4 nitrogen and oxygen atoms in total. The molecule has 0 saturated heterocycles. The van der Waals surface area contributed by atoms with Gasteiger partial charge in [0.15, 0.2) is 10.1 Å². The topological polar surface area (TPSA) is 66.4 Å². The van der Waals surface area contributed by atoms with Crippen molar-refractivity contribution in [3.63, 3.8) is 0 Å². The third kappa shape index (κ3) is 4.23. The maximum absolute atomic E-state index is 12.7. The molecule has 0 aromatic rings. The van der Waals surface area contributed by atoms with Crippen molar-refractivity contribution in [3.8, 4) is 0 Å². The first-order valence-corrected chi connectivity index (χ1v) is 5.89. The maximum Gasteiger partial charge on any atom is 1.00 e. The Morgan fingerprint density at radius 3 is 1.38 bits per heavy atom. The molecule has 0 saturated carbocycles. The monoisotopic (exact) mass is 404 g/mol. The predicted octanol–water partition coefficient (Wildman–Crippen LogP) is -0.134. The molecule has 0 spiro atoms. The summed E-state index contributed by atoms with van der Waals surface area (Å²) in [5.74, 6) is -15.5. The van der Waals surface area contributed by atoms with Gasteiger partial charge in [0.25, 0.3) is 6.36 Å². The van der Waals surface area contributed by atoms with E-state index in [1.165, 1.54) is 0 Å². The number of alkyl halides is 12. The van der Waals surface area contributed by atoms with Crippen LogP contribution >= 0.6 is 0 Å². The van der Waals surface area contributed by atoms with Crippen molar-refractivity contribution in [3.05, 3.63) is 0 Å². The molecule has 0 aliphatic heterocycles. The number of rotatable bonds is 6. The van der Waals surface area contributed by atoms with Gasteiger partial charge in [-0.05, 0) is 0 Å². The Hall–Kier alpha value is -0.373. The minimum atomic E-state index is -7.75. The molecule has 24 heavy (non-hydrogen) atoms. The van der Waals surface area contributed by atoms with Crippen molar-refractivity contribution in [1.29, 1.82) is 0 Å². The van der Waals surface area contributed by atoms with Crippen LogP contribution in [0.4, 0.5) is 52.7 Å². The molecule has 1 atom stereocenters. The van der Waals surface area contributed by atoms with Crippen LogP contribution in [0.25, 0.3) is 0 Å². The summed E-state index contributed by atoms with van der Waals surface area (Å²) in [6.45, 7) is 0. The van der Waals surface area contributed by atoms with Crippen LogP contribution in [-0.4, -0.2) is 48.7 Å². The second-order valence-corrected chi connectivity index (χ2v) is 5.03. The minimum Gasteiger partial charge on any atom is -0.743 e. The first-order valence-electron chi connectivity index (χ1n) is 4.48. The van der Waals surface area contributed by atoms with E-state index in [0.29, 0.717) is 0 Å². The van der Waals surface area contributed by atoms with Crippen LogP contribution in [0, 0.1) is 0 Å². The van der Waals surface area contributed by atoms with Crippen molar-refractivity contribution in [2.24, 2.45) is 0 Å². The number of ether oxygens (including phenoxy) is 1. The fraction of sp³-hybridized carbons (Fsp3) is 1.00. The Kier molecular flexibility index (Phi) is 7.26. The zero-order chi connectivity index (χ0) is 19.3. The molecule has 0 bridgehead atoms. The van der Waals surface area contributed by atoms with Crippen LogP contribution in [0.3, 0.4) is 0 Å². The van der Waals surface area contributed by atoms with Crippen molar-refractivity contribution in [1.82, 2.24) is 0 Å². The van der Waals surface area contributed by atoms with Gasteiger partial charge in [0.2, 0.25) is 0 Å². The van der Waals surface area contributed by atoms with Gasteiger partial charge >= 0.3 is 48.2 Å². The van der Waals surface area contributed by atoms with E-state index >= 15 is 0 Å². The molecule has 0 aromatic heterocycles. The van der Waals surface area contributed by atoms with Gasteiger partial charge in [0.1, 0.15) is 0 Å². The number of halogens is 12. The largest absolute Gasteiger partial charge is 1.00 e. The van der Waals surface area contributed by atoms with Gasteiger partial charge in [0.05, 0.1) is 0 Å². The molecule has 0 N–H and O–H groups in total. The van der Waals surface area contributed by atoms with Gasteiger partial charge in [-0.1, -0.05) is 0 Å². The first kappa shape index (κ1) is 25.9. The molecule has 0 aromatic carbocycles. The average molecular weight is 404 g/mol. The van der Waals surface area contributed by atoms with Crippen molar-refractivity contribution in [2.45, 2.75) is 35.7 Å². The van der Waals surface area contributed by atoms with E-state index < -0.39 is 45.9 Å². The molecule has 18 heteroatoms. The fourth-order valence-electron chi connectivity index (χ4n) is 0.793. The zero-order valence-electron chi connectivity index (χ0n) is 10.7. The summed E-state index contributed by atoms with van der Waals surface area (Å²) in [5, 5.41) is -7.39. The standard InChI is InChI=1S/C6H2F12O4S.Li/c7-1(2(8,9)10)22-5(15,16)3(11,12)4(13,14)6(17,18)23(19,20)21;/h1H,(H,19,20,21);/q;+1/p-1. The molecule has 0 amide bonds. The summed E-state index contributed by atoms with van der Waals surface area (Å²) in [7, 11) is -7.68. The van der Waals surface area contributed by atoms with Gasteiger partial charge in [0, 0.05) is 0 Å². The van der Waals surface area contributed by atoms with Gasteiger partial charge in [-0.25, -0.2) is 12.8 Å². The summed E-state index contributed by atoms with van der Waals surface area (Å²) in [5.41, 5.74) is 0. The van der Waals surface area contributed by atoms with E-state index in [0.717, 1.165) is 0 Å². The average Bonchev–Trinajstić information content (AvgIpc) is 2.24. The molecule has 0 fully saturated rings. The van der Waals surface area contributed by atoms with Gasteiger partial charge in [-0.2, -0.15) is 48.3 Å². The van der Waals surface area contributed by atoms with E-state index in [1.54, 1.807) is 4.74 Å². The van der Waals surface area contributed by atoms with Crippen LogP contribution in [0.1, 0.15) is 0 Å². The molecule has 0 aliphatic rings. The summed E-state index contributed by atoms with van der Waals surface area (Å²) >= 11 is 0. The summed E-state index contributed by atoms with van der Waals surface area (Å²) in [6, 6.07) is 0. The maximum atomic E-state index is 12.7.